The first-order valence-electron chi connectivity index (χ1n) is 7.49. The molecule has 1 fully saturated rings. The maximum absolute atomic E-state index is 13.9. The highest BCUT2D eigenvalue weighted by Crippen LogP contribution is 2.40. The van der Waals surface area contributed by atoms with Crippen molar-refractivity contribution >= 4 is 5.82 Å². The van der Waals surface area contributed by atoms with Crippen LogP contribution in [0.1, 0.15) is 42.6 Å². The Kier molecular flexibility index (Phi) is 3.62. The summed E-state index contributed by atoms with van der Waals surface area (Å²) in [7, 11) is 0. The Morgan fingerprint density at radius 2 is 2.00 bits per heavy atom. The van der Waals surface area contributed by atoms with Crippen LogP contribution in [0, 0.1) is 19.7 Å². The smallest absolute Gasteiger partial charge is 0.134 e. The van der Waals surface area contributed by atoms with Crippen molar-refractivity contribution in [1.82, 2.24) is 9.97 Å². The summed E-state index contributed by atoms with van der Waals surface area (Å²) in [6.07, 6.45) is 2.30. The van der Waals surface area contributed by atoms with E-state index in [4.69, 9.17) is 4.98 Å². The van der Waals surface area contributed by atoms with E-state index in [0.717, 1.165) is 47.8 Å². The van der Waals surface area contributed by atoms with E-state index in [1.165, 1.54) is 0 Å². The molecule has 110 valence electrons. The van der Waals surface area contributed by atoms with E-state index < -0.39 is 0 Å². The summed E-state index contributed by atoms with van der Waals surface area (Å²) in [6, 6.07) is 5.30. The molecule has 1 aliphatic rings. The molecule has 1 heterocycles. The number of nitrogens with zero attached hydrogens (tertiary/aromatic N) is 2. The van der Waals surface area contributed by atoms with Crippen molar-refractivity contribution in [3.8, 4) is 11.3 Å². The maximum Gasteiger partial charge on any atom is 0.134 e. The van der Waals surface area contributed by atoms with Gasteiger partial charge in [0.2, 0.25) is 0 Å². The molecule has 1 saturated carbocycles. The minimum atomic E-state index is -0.191. The second kappa shape index (κ2) is 5.43. The van der Waals surface area contributed by atoms with Gasteiger partial charge in [-0.3, -0.25) is 0 Å². The van der Waals surface area contributed by atoms with Crippen molar-refractivity contribution in [3.05, 3.63) is 41.0 Å². The molecular weight excluding hydrogens is 265 g/mol. The van der Waals surface area contributed by atoms with Gasteiger partial charge in [-0.1, -0.05) is 12.1 Å². The number of halogens is 1. The van der Waals surface area contributed by atoms with Crippen LogP contribution in [0.15, 0.2) is 18.2 Å². The van der Waals surface area contributed by atoms with Gasteiger partial charge in [0, 0.05) is 23.6 Å². The molecule has 0 aliphatic heterocycles. The Balaban J connectivity index is 2.12. The summed E-state index contributed by atoms with van der Waals surface area (Å²) in [5.74, 6) is 2.03. The Morgan fingerprint density at radius 3 is 2.62 bits per heavy atom. The molecule has 1 aromatic carbocycles. The van der Waals surface area contributed by atoms with Crippen LogP contribution >= 0.6 is 0 Å². The Morgan fingerprint density at radius 1 is 1.24 bits per heavy atom. The van der Waals surface area contributed by atoms with E-state index in [0.29, 0.717) is 11.5 Å². The van der Waals surface area contributed by atoms with Gasteiger partial charge in [0.05, 0.1) is 5.69 Å². The number of aromatic nitrogens is 2. The summed E-state index contributed by atoms with van der Waals surface area (Å²) < 4.78 is 13.9. The van der Waals surface area contributed by atoms with Crippen molar-refractivity contribution in [1.29, 1.82) is 0 Å². The van der Waals surface area contributed by atoms with Crippen molar-refractivity contribution in [3.63, 3.8) is 0 Å². The quantitative estimate of drug-likeness (QED) is 0.914. The van der Waals surface area contributed by atoms with Crippen molar-refractivity contribution in [2.45, 2.75) is 39.5 Å². The van der Waals surface area contributed by atoms with Crippen LogP contribution in [0.3, 0.4) is 0 Å². The van der Waals surface area contributed by atoms with Crippen LogP contribution in [0.5, 0.6) is 0 Å². The first kappa shape index (κ1) is 14.0. The number of hydrogen-bond acceptors (Lipinski definition) is 3. The molecule has 0 radical (unpaired) electrons. The first-order valence-corrected chi connectivity index (χ1v) is 7.49. The van der Waals surface area contributed by atoms with Gasteiger partial charge in [-0.05, 0) is 45.2 Å². The van der Waals surface area contributed by atoms with E-state index in [-0.39, 0.29) is 5.82 Å². The van der Waals surface area contributed by atoms with Crippen LogP contribution in [0.2, 0.25) is 0 Å². The molecule has 4 heteroatoms. The molecule has 3 nitrogen and oxygen atoms in total. The fourth-order valence-corrected chi connectivity index (χ4v) is 2.42. The van der Waals surface area contributed by atoms with E-state index in [1.807, 2.05) is 19.9 Å². The molecule has 1 aromatic heterocycles. The maximum atomic E-state index is 13.9. The topological polar surface area (TPSA) is 37.8 Å². The zero-order valence-corrected chi connectivity index (χ0v) is 12.7. The van der Waals surface area contributed by atoms with Gasteiger partial charge in [0.15, 0.2) is 0 Å². The average molecular weight is 285 g/mol. The van der Waals surface area contributed by atoms with E-state index in [1.54, 1.807) is 19.1 Å². The van der Waals surface area contributed by atoms with Crippen molar-refractivity contribution in [2.24, 2.45) is 0 Å². The zero-order valence-electron chi connectivity index (χ0n) is 12.7. The second-order valence-electron chi connectivity index (χ2n) is 5.67. The standard InChI is InChI=1S/C17H20FN3/c1-4-19-16-11(3)15(20-17(21-16)12-7-8-12)13-6-5-10(2)14(18)9-13/h5-6,9,12H,4,7-8H2,1-3H3,(H,19,20,21). The fourth-order valence-electron chi connectivity index (χ4n) is 2.42. The fraction of sp³-hybridized carbons (Fsp3) is 0.412. The molecule has 2 aromatic rings. The molecule has 1 aliphatic carbocycles. The van der Waals surface area contributed by atoms with Gasteiger partial charge >= 0.3 is 0 Å². The zero-order chi connectivity index (χ0) is 15.0. The first-order chi connectivity index (χ1) is 10.1. The Bertz CT molecular complexity index is 678. The summed E-state index contributed by atoms with van der Waals surface area (Å²) in [5, 5.41) is 3.29. The minimum absolute atomic E-state index is 0.191. The summed E-state index contributed by atoms with van der Waals surface area (Å²) in [6.45, 7) is 6.61. The van der Waals surface area contributed by atoms with Gasteiger partial charge in [0.1, 0.15) is 17.5 Å². The lowest BCUT2D eigenvalue weighted by atomic mass is 10.0. The number of aryl methyl sites for hydroxylation is 1. The van der Waals surface area contributed by atoms with E-state index in [2.05, 4.69) is 10.3 Å². The predicted molar refractivity (Wildman–Crippen MR) is 83.0 cm³/mol. The van der Waals surface area contributed by atoms with Gasteiger partial charge in [-0.2, -0.15) is 0 Å². The number of anilines is 1. The molecule has 1 N–H and O–H groups in total. The third kappa shape index (κ3) is 2.75. The lowest BCUT2D eigenvalue weighted by molar-refractivity contribution is 0.619. The minimum Gasteiger partial charge on any atom is -0.370 e. The van der Waals surface area contributed by atoms with Gasteiger partial charge in [0.25, 0.3) is 0 Å². The van der Waals surface area contributed by atoms with Gasteiger partial charge < -0.3 is 5.32 Å². The predicted octanol–water partition coefficient (Wildman–Crippen LogP) is 4.21. The highest BCUT2D eigenvalue weighted by atomic mass is 19.1. The number of rotatable bonds is 4. The lowest BCUT2D eigenvalue weighted by Crippen LogP contribution is -2.07. The summed E-state index contributed by atoms with van der Waals surface area (Å²) >= 11 is 0. The summed E-state index contributed by atoms with van der Waals surface area (Å²) in [5.41, 5.74) is 3.28. The lowest BCUT2D eigenvalue weighted by Gasteiger charge is -2.13. The Hall–Kier alpha value is -1.97. The van der Waals surface area contributed by atoms with Crippen LogP contribution in [-0.4, -0.2) is 16.5 Å². The second-order valence-corrected chi connectivity index (χ2v) is 5.67. The van der Waals surface area contributed by atoms with Crippen molar-refractivity contribution in [2.75, 3.05) is 11.9 Å². The molecule has 0 atom stereocenters. The molecule has 3 rings (SSSR count). The Labute approximate surface area is 124 Å². The molecule has 0 saturated heterocycles. The number of hydrogen-bond donors (Lipinski definition) is 1. The van der Waals surface area contributed by atoms with E-state index >= 15 is 0 Å². The third-order valence-corrected chi connectivity index (χ3v) is 3.90. The monoisotopic (exact) mass is 285 g/mol. The van der Waals surface area contributed by atoms with Crippen LogP contribution in [0.4, 0.5) is 10.2 Å². The molecule has 0 unspecified atom stereocenters. The summed E-state index contributed by atoms with van der Waals surface area (Å²) in [4.78, 5) is 9.33. The number of benzene rings is 1. The molecule has 0 amide bonds. The average Bonchev–Trinajstić information content (AvgIpc) is 3.29. The SMILES string of the molecule is CCNc1nc(C2CC2)nc(-c2ccc(C)c(F)c2)c1C. The molecule has 0 bridgehead atoms. The normalized spacial score (nSPS) is 14.3. The number of nitrogens with one attached hydrogen (secondary N) is 1. The van der Waals surface area contributed by atoms with Crippen LogP contribution in [-0.2, 0) is 0 Å². The highest BCUT2D eigenvalue weighted by molar-refractivity contribution is 5.68. The third-order valence-electron chi connectivity index (χ3n) is 3.90. The molecule has 21 heavy (non-hydrogen) atoms. The van der Waals surface area contributed by atoms with Crippen molar-refractivity contribution < 1.29 is 4.39 Å². The van der Waals surface area contributed by atoms with Crippen LogP contribution < -0.4 is 5.32 Å². The molecule has 0 spiro atoms. The highest BCUT2D eigenvalue weighted by Gasteiger charge is 2.28. The van der Waals surface area contributed by atoms with Gasteiger partial charge in [-0.25, -0.2) is 14.4 Å². The van der Waals surface area contributed by atoms with Gasteiger partial charge in [-0.15, -0.1) is 0 Å². The largest absolute Gasteiger partial charge is 0.370 e. The molecular formula is C17H20FN3. The van der Waals surface area contributed by atoms with E-state index in [9.17, 15) is 4.39 Å². The van der Waals surface area contributed by atoms with Crippen LogP contribution in [0.25, 0.3) is 11.3 Å².